The summed E-state index contributed by atoms with van der Waals surface area (Å²) in [7, 11) is 0. The number of nitrogens with one attached hydrogen (secondary N) is 2. The highest BCUT2D eigenvalue weighted by Crippen LogP contribution is 2.37. The zero-order valence-electron chi connectivity index (χ0n) is 15.3. The number of carbonyl (C=O) groups excluding carboxylic acids is 3. The summed E-state index contributed by atoms with van der Waals surface area (Å²) in [5.74, 6) is 0.00441. The first-order chi connectivity index (χ1) is 12.4. The van der Waals surface area contributed by atoms with E-state index >= 15 is 0 Å². The molecule has 1 aliphatic heterocycles. The number of aromatic nitrogens is 1. The van der Waals surface area contributed by atoms with Gasteiger partial charge in [0.2, 0.25) is 5.91 Å². The van der Waals surface area contributed by atoms with E-state index < -0.39 is 11.6 Å². The molecule has 2 fully saturated rings. The molecule has 2 N–H and O–H groups in total. The summed E-state index contributed by atoms with van der Waals surface area (Å²) in [6.45, 7) is 3.75. The molecule has 2 heterocycles. The summed E-state index contributed by atoms with van der Waals surface area (Å²) in [5.41, 5.74) is 0.111. The van der Waals surface area contributed by atoms with Crippen LogP contribution in [0.1, 0.15) is 57.6 Å². The van der Waals surface area contributed by atoms with Crippen LogP contribution < -0.4 is 10.6 Å². The number of pyridine rings is 1. The van der Waals surface area contributed by atoms with Crippen LogP contribution in [0, 0.1) is 5.92 Å². The predicted octanol–water partition coefficient (Wildman–Crippen LogP) is 2.15. The number of nitrogens with zero attached hydrogens (tertiary/aromatic N) is 2. The van der Waals surface area contributed by atoms with E-state index in [1.807, 2.05) is 19.1 Å². The Kier molecular flexibility index (Phi) is 5.25. The van der Waals surface area contributed by atoms with Crippen LogP contribution in [0.5, 0.6) is 0 Å². The van der Waals surface area contributed by atoms with Gasteiger partial charge in [-0.2, -0.15) is 0 Å². The molecule has 1 saturated heterocycles. The van der Waals surface area contributed by atoms with Gasteiger partial charge >= 0.3 is 6.03 Å². The molecule has 0 aromatic carbocycles. The number of rotatable bonds is 5. The molecular formula is C19H26N4O3. The zero-order valence-corrected chi connectivity index (χ0v) is 15.3. The fraction of sp³-hybridized carbons (Fsp3) is 0.579. The standard InChI is InChI=1S/C19H26N4O3/c1-3-14-4-8-19(9-5-14)17(25)23(18(26)22-19)12-16(24)21-13(2)15-6-10-20-11-7-15/h6-7,10-11,13-14H,3-5,8-9,12H2,1-2H3,(H,21,24)(H,22,26). The second-order valence-electron chi connectivity index (χ2n) is 7.32. The van der Waals surface area contributed by atoms with E-state index in [1.165, 1.54) is 0 Å². The Hall–Kier alpha value is -2.44. The zero-order chi connectivity index (χ0) is 18.7. The maximum Gasteiger partial charge on any atom is 0.325 e. The third-order valence-electron chi connectivity index (χ3n) is 5.67. The molecule has 0 radical (unpaired) electrons. The molecule has 1 aromatic rings. The molecular weight excluding hydrogens is 332 g/mol. The van der Waals surface area contributed by atoms with Crippen LogP contribution in [0.2, 0.25) is 0 Å². The molecule has 3 rings (SSSR count). The summed E-state index contributed by atoms with van der Waals surface area (Å²) in [4.78, 5) is 42.5. The highest BCUT2D eigenvalue weighted by molar-refractivity contribution is 6.09. The van der Waals surface area contributed by atoms with E-state index in [-0.39, 0.29) is 24.4 Å². The average Bonchev–Trinajstić information content (AvgIpc) is 2.87. The van der Waals surface area contributed by atoms with Crippen molar-refractivity contribution in [1.29, 1.82) is 0 Å². The van der Waals surface area contributed by atoms with E-state index in [0.29, 0.717) is 18.8 Å². The van der Waals surface area contributed by atoms with Crippen molar-refractivity contribution < 1.29 is 14.4 Å². The Morgan fingerprint density at radius 3 is 2.62 bits per heavy atom. The molecule has 1 aromatic heterocycles. The molecule has 1 atom stereocenters. The molecule has 7 nitrogen and oxygen atoms in total. The highest BCUT2D eigenvalue weighted by Gasteiger charge is 2.52. The van der Waals surface area contributed by atoms with Gasteiger partial charge in [0.05, 0.1) is 6.04 Å². The molecule has 1 aliphatic carbocycles. The highest BCUT2D eigenvalue weighted by atomic mass is 16.2. The van der Waals surface area contributed by atoms with Gasteiger partial charge in [-0.15, -0.1) is 0 Å². The summed E-state index contributed by atoms with van der Waals surface area (Å²) in [6.07, 6.45) is 7.58. The first-order valence-corrected chi connectivity index (χ1v) is 9.28. The Labute approximate surface area is 153 Å². The van der Waals surface area contributed by atoms with E-state index in [0.717, 1.165) is 29.7 Å². The lowest BCUT2D eigenvalue weighted by Crippen LogP contribution is -2.50. The molecule has 0 bridgehead atoms. The van der Waals surface area contributed by atoms with Gasteiger partial charge in [-0.05, 0) is 56.2 Å². The lowest BCUT2D eigenvalue weighted by Gasteiger charge is -2.34. The number of hydrogen-bond donors (Lipinski definition) is 2. The Balaban J connectivity index is 1.60. The van der Waals surface area contributed by atoms with Gasteiger partial charge in [-0.1, -0.05) is 13.3 Å². The normalized spacial score (nSPS) is 26.7. The summed E-state index contributed by atoms with van der Waals surface area (Å²) in [6, 6.07) is 2.96. The lowest BCUT2D eigenvalue weighted by molar-refractivity contribution is -0.136. The third kappa shape index (κ3) is 3.57. The number of urea groups is 1. The van der Waals surface area contributed by atoms with Crippen molar-refractivity contribution >= 4 is 17.8 Å². The van der Waals surface area contributed by atoms with Crippen LogP contribution in [-0.4, -0.2) is 39.8 Å². The number of imide groups is 1. The van der Waals surface area contributed by atoms with Gasteiger partial charge in [0, 0.05) is 12.4 Å². The van der Waals surface area contributed by atoms with Crippen LogP contribution in [0.25, 0.3) is 0 Å². The third-order valence-corrected chi connectivity index (χ3v) is 5.67. The van der Waals surface area contributed by atoms with Gasteiger partial charge in [-0.3, -0.25) is 19.5 Å². The number of carbonyl (C=O) groups is 3. The van der Waals surface area contributed by atoms with Crippen molar-refractivity contribution in [3.63, 3.8) is 0 Å². The number of hydrogen-bond acceptors (Lipinski definition) is 4. The number of amides is 4. The largest absolute Gasteiger partial charge is 0.348 e. The van der Waals surface area contributed by atoms with Crippen LogP contribution in [0.15, 0.2) is 24.5 Å². The monoisotopic (exact) mass is 358 g/mol. The Bertz CT molecular complexity index is 683. The van der Waals surface area contributed by atoms with Crippen molar-refractivity contribution in [2.45, 2.75) is 57.5 Å². The SMILES string of the molecule is CCC1CCC2(CC1)NC(=O)N(CC(=O)NC(C)c1ccncc1)C2=O. The minimum absolute atomic E-state index is 0.222. The van der Waals surface area contributed by atoms with Gasteiger partial charge in [0.1, 0.15) is 12.1 Å². The van der Waals surface area contributed by atoms with Crippen LogP contribution in [0.4, 0.5) is 4.79 Å². The van der Waals surface area contributed by atoms with Crippen LogP contribution in [-0.2, 0) is 9.59 Å². The molecule has 4 amide bonds. The second kappa shape index (κ2) is 7.43. The van der Waals surface area contributed by atoms with Gasteiger partial charge in [-0.25, -0.2) is 4.79 Å². The van der Waals surface area contributed by atoms with E-state index in [2.05, 4.69) is 22.5 Å². The minimum atomic E-state index is -0.806. The predicted molar refractivity (Wildman–Crippen MR) is 96.0 cm³/mol. The van der Waals surface area contributed by atoms with Gasteiger partial charge in [0.15, 0.2) is 0 Å². The minimum Gasteiger partial charge on any atom is -0.348 e. The summed E-state index contributed by atoms with van der Waals surface area (Å²) < 4.78 is 0. The van der Waals surface area contributed by atoms with Gasteiger partial charge in [0.25, 0.3) is 5.91 Å². The van der Waals surface area contributed by atoms with Crippen LogP contribution in [0.3, 0.4) is 0 Å². The molecule has 1 spiro atoms. The molecule has 1 saturated carbocycles. The van der Waals surface area contributed by atoms with Crippen molar-refractivity contribution in [2.24, 2.45) is 5.92 Å². The van der Waals surface area contributed by atoms with E-state index in [4.69, 9.17) is 0 Å². The maximum atomic E-state index is 12.8. The Morgan fingerprint density at radius 1 is 1.35 bits per heavy atom. The fourth-order valence-corrected chi connectivity index (χ4v) is 3.90. The van der Waals surface area contributed by atoms with Crippen molar-refractivity contribution in [1.82, 2.24) is 20.5 Å². The van der Waals surface area contributed by atoms with Crippen molar-refractivity contribution in [2.75, 3.05) is 6.54 Å². The topological polar surface area (TPSA) is 91.4 Å². The van der Waals surface area contributed by atoms with E-state index in [9.17, 15) is 14.4 Å². The molecule has 140 valence electrons. The average molecular weight is 358 g/mol. The lowest BCUT2D eigenvalue weighted by atomic mass is 9.75. The maximum absolute atomic E-state index is 12.8. The van der Waals surface area contributed by atoms with Crippen molar-refractivity contribution in [3.8, 4) is 0 Å². The smallest absolute Gasteiger partial charge is 0.325 e. The van der Waals surface area contributed by atoms with Gasteiger partial charge < -0.3 is 10.6 Å². The van der Waals surface area contributed by atoms with Crippen LogP contribution >= 0.6 is 0 Å². The Morgan fingerprint density at radius 2 is 2.00 bits per heavy atom. The first-order valence-electron chi connectivity index (χ1n) is 9.28. The molecule has 7 heteroatoms. The summed E-state index contributed by atoms with van der Waals surface area (Å²) in [5, 5.41) is 5.68. The first kappa shape index (κ1) is 18.4. The summed E-state index contributed by atoms with van der Waals surface area (Å²) >= 11 is 0. The van der Waals surface area contributed by atoms with E-state index in [1.54, 1.807) is 12.4 Å². The second-order valence-corrected chi connectivity index (χ2v) is 7.32. The fourth-order valence-electron chi connectivity index (χ4n) is 3.90. The molecule has 1 unspecified atom stereocenters. The molecule has 26 heavy (non-hydrogen) atoms. The molecule has 2 aliphatic rings. The quantitative estimate of drug-likeness (QED) is 0.789. The van der Waals surface area contributed by atoms with Crippen molar-refractivity contribution in [3.05, 3.63) is 30.1 Å².